The van der Waals surface area contributed by atoms with Gasteiger partial charge in [-0.25, -0.2) is 4.98 Å². The number of rotatable bonds is 6. The molecule has 0 saturated carbocycles. The first-order chi connectivity index (χ1) is 14.6. The monoisotopic (exact) mass is 417 g/mol. The fourth-order valence-corrected chi connectivity index (χ4v) is 4.29. The third-order valence-corrected chi connectivity index (χ3v) is 6.13. The van der Waals surface area contributed by atoms with Gasteiger partial charge >= 0.3 is 0 Å². The van der Waals surface area contributed by atoms with Gasteiger partial charge in [-0.2, -0.15) is 0 Å². The van der Waals surface area contributed by atoms with Crippen LogP contribution in [0.2, 0.25) is 0 Å². The zero-order valence-electron chi connectivity index (χ0n) is 17.0. The fourth-order valence-electron chi connectivity index (χ4n) is 3.39. The molecule has 1 heterocycles. The molecule has 0 spiro atoms. The van der Waals surface area contributed by atoms with Crippen LogP contribution in [0.4, 0.5) is 5.69 Å². The lowest BCUT2D eigenvalue weighted by atomic mass is 10.1. The molecule has 5 nitrogen and oxygen atoms in total. The number of fused-ring (bicyclic) bond motifs is 2. The maximum atomic E-state index is 13.0. The molecule has 1 atom stereocenters. The number of amides is 1. The Kier molecular flexibility index (Phi) is 5.86. The Morgan fingerprint density at radius 2 is 1.80 bits per heavy atom. The summed E-state index contributed by atoms with van der Waals surface area (Å²) in [5, 5.41) is 6.32. The summed E-state index contributed by atoms with van der Waals surface area (Å²) < 4.78 is 1.70. The van der Waals surface area contributed by atoms with Crippen molar-refractivity contribution in [1.29, 1.82) is 0 Å². The van der Waals surface area contributed by atoms with Crippen molar-refractivity contribution in [1.82, 2.24) is 9.55 Å². The first-order valence-corrected chi connectivity index (χ1v) is 11.0. The minimum absolute atomic E-state index is 0.000607. The average molecular weight is 418 g/mol. The summed E-state index contributed by atoms with van der Waals surface area (Å²) in [6.07, 6.45) is 0.802. The number of nitrogens with zero attached hydrogens (tertiary/aromatic N) is 2. The zero-order valence-corrected chi connectivity index (χ0v) is 17.8. The highest BCUT2D eigenvalue weighted by Gasteiger charge is 2.16. The van der Waals surface area contributed by atoms with E-state index in [9.17, 15) is 9.59 Å². The minimum Gasteiger partial charge on any atom is -0.325 e. The first kappa shape index (κ1) is 20.2. The van der Waals surface area contributed by atoms with Gasteiger partial charge in [0.05, 0.1) is 16.7 Å². The van der Waals surface area contributed by atoms with Gasteiger partial charge in [0.15, 0.2) is 5.16 Å². The van der Waals surface area contributed by atoms with E-state index < -0.39 is 0 Å². The van der Waals surface area contributed by atoms with E-state index in [1.165, 1.54) is 11.8 Å². The lowest BCUT2D eigenvalue weighted by Crippen LogP contribution is -2.26. The Bertz CT molecular complexity index is 1280. The standard InChI is InChI=1S/C24H23N3O2S/c1-3-16(2)27-23(29)20-10-6-7-11-21(20)26-24(27)30-15-22(28)25-19-13-12-17-8-4-5-9-18(17)14-19/h4-14,16H,3,15H2,1-2H3,(H,25,28). The molecule has 4 aromatic rings. The number of nitrogens with one attached hydrogen (secondary N) is 1. The van der Waals surface area contributed by atoms with Crippen LogP contribution in [0.3, 0.4) is 0 Å². The third-order valence-electron chi connectivity index (χ3n) is 5.17. The highest BCUT2D eigenvalue weighted by Crippen LogP contribution is 2.23. The average Bonchev–Trinajstić information content (AvgIpc) is 2.77. The largest absolute Gasteiger partial charge is 0.325 e. The van der Waals surface area contributed by atoms with Gasteiger partial charge in [-0.1, -0.05) is 61.2 Å². The van der Waals surface area contributed by atoms with Crippen LogP contribution in [0.15, 0.2) is 76.7 Å². The number of carbonyl (C=O) groups is 1. The van der Waals surface area contributed by atoms with Crippen LogP contribution < -0.4 is 10.9 Å². The molecule has 152 valence electrons. The quantitative estimate of drug-likeness (QED) is 0.344. The van der Waals surface area contributed by atoms with Crippen molar-refractivity contribution < 1.29 is 4.79 Å². The zero-order chi connectivity index (χ0) is 21.1. The predicted octanol–water partition coefficient (Wildman–Crippen LogP) is 5.25. The van der Waals surface area contributed by atoms with Gasteiger partial charge in [0.25, 0.3) is 5.56 Å². The Hall–Kier alpha value is -3.12. The minimum atomic E-state index is -0.131. The van der Waals surface area contributed by atoms with E-state index in [4.69, 9.17) is 0 Å². The smallest absolute Gasteiger partial charge is 0.262 e. The fraction of sp³-hybridized carbons (Fsp3) is 0.208. The predicted molar refractivity (Wildman–Crippen MR) is 124 cm³/mol. The molecule has 0 fully saturated rings. The van der Waals surface area contributed by atoms with Crippen molar-refractivity contribution in [3.05, 3.63) is 77.1 Å². The molecule has 1 amide bonds. The van der Waals surface area contributed by atoms with Crippen molar-refractivity contribution in [3.8, 4) is 0 Å². The van der Waals surface area contributed by atoms with Gasteiger partial charge in [-0.05, 0) is 48.4 Å². The lowest BCUT2D eigenvalue weighted by molar-refractivity contribution is -0.113. The molecule has 1 aromatic heterocycles. The van der Waals surface area contributed by atoms with E-state index in [-0.39, 0.29) is 23.3 Å². The van der Waals surface area contributed by atoms with E-state index in [0.717, 1.165) is 22.9 Å². The summed E-state index contributed by atoms with van der Waals surface area (Å²) in [4.78, 5) is 30.3. The van der Waals surface area contributed by atoms with Crippen molar-refractivity contribution in [2.24, 2.45) is 0 Å². The molecule has 3 aromatic carbocycles. The molecule has 1 unspecified atom stereocenters. The topological polar surface area (TPSA) is 64.0 Å². The van der Waals surface area contributed by atoms with Crippen LogP contribution in [-0.2, 0) is 4.79 Å². The van der Waals surface area contributed by atoms with Gasteiger partial charge in [-0.15, -0.1) is 0 Å². The molecule has 0 saturated heterocycles. The number of carbonyl (C=O) groups excluding carboxylic acids is 1. The van der Waals surface area contributed by atoms with Gasteiger partial charge in [0, 0.05) is 11.7 Å². The Morgan fingerprint density at radius 3 is 2.60 bits per heavy atom. The number of aromatic nitrogens is 2. The van der Waals surface area contributed by atoms with Crippen LogP contribution in [0.25, 0.3) is 21.7 Å². The second-order valence-corrected chi connectivity index (χ2v) is 8.19. The Labute approximate surface area is 179 Å². The molecule has 30 heavy (non-hydrogen) atoms. The Balaban J connectivity index is 1.56. The molecule has 0 aliphatic carbocycles. The maximum Gasteiger partial charge on any atom is 0.262 e. The second-order valence-electron chi connectivity index (χ2n) is 7.24. The number of thioether (sulfide) groups is 1. The maximum absolute atomic E-state index is 13.0. The molecule has 6 heteroatoms. The first-order valence-electron chi connectivity index (χ1n) is 9.99. The molecule has 4 rings (SSSR count). The summed E-state index contributed by atoms with van der Waals surface area (Å²) in [7, 11) is 0. The van der Waals surface area contributed by atoms with Gasteiger partial charge in [0.1, 0.15) is 0 Å². The van der Waals surface area contributed by atoms with Crippen LogP contribution in [0, 0.1) is 0 Å². The number of hydrogen-bond donors (Lipinski definition) is 1. The molecule has 0 aliphatic heterocycles. The molecule has 0 radical (unpaired) electrons. The normalized spacial score (nSPS) is 12.2. The molecule has 0 aliphatic rings. The van der Waals surface area contributed by atoms with Crippen molar-refractivity contribution >= 4 is 45.0 Å². The molecule has 0 bridgehead atoms. The highest BCUT2D eigenvalue weighted by molar-refractivity contribution is 7.99. The van der Waals surface area contributed by atoms with E-state index in [1.807, 2.05) is 74.5 Å². The molecular formula is C24H23N3O2S. The van der Waals surface area contributed by atoms with Crippen LogP contribution in [0.5, 0.6) is 0 Å². The van der Waals surface area contributed by atoms with Crippen LogP contribution >= 0.6 is 11.8 Å². The van der Waals surface area contributed by atoms with Crippen LogP contribution in [0.1, 0.15) is 26.3 Å². The second kappa shape index (κ2) is 8.71. The summed E-state index contributed by atoms with van der Waals surface area (Å²) in [6.45, 7) is 4.03. The highest BCUT2D eigenvalue weighted by atomic mass is 32.2. The lowest BCUT2D eigenvalue weighted by Gasteiger charge is -2.18. The SMILES string of the molecule is CCC(C)n1c(SCC(=O)Nc2ccc3ccccc3c2)nc2ccccc2c1=O. The Morgan fingerprint density at radius 1 is 1.07 bits per heavy atom. The number of para-hydroxylation sites is 1. The summed E-state index contributed by atoms with van der Waals surface area (Å²) in [5.41, 5.74) is 1.34. The number of benzene rings is 3. The summed E-state index contributed by atoms with van der Waals surface area (Å²) >= 11 is 1.29. The van der Waals surface area contributed by atoms with Gasteiger partial charge in [0.2, 0.25) is 5.91 Å². The third kappa shape index (κ3) is 4.09. The van der Waals surface area contributed by atoms with Crippen molar-refractivity contribution in [2.45, 2.75) is 31.5 Å². The summed E-state index contributed by atoms with van der Waals surface area (Å²) in [5.74, 6) is 0.0435. The summed E-state index contributed by atoms with van der Waals surface area (Å²) in [6, 6.07) is 21.2. The van der Waals surface area contributed by atoms with Gasteiger partial charge in [-0.3, -0.25) is 14.2 Å². The van der Waals surface area contributed by atoms with Crippen LogP contribution in [-0.4, -0.2) is 21.2 Å². The van der Waals surface area contributed by atoms with E-state index in [2.05, 4.69) is 10.3 Å². The molecule has 1 N–H and O–H groups in total. The van der Waals surface area contributed by atoms with Gasteiger partial charge < -0.3 is 5.32 Å². The number of anilines is 1. The van der Waals surface area contributed by atoms with E-state index >= 15 is 0 Å². The van der Waals surface area contributed by atoms with E-state index in [1.54, 1.807) is 10.6 Å². The number of hydrogen-bond acceptors (Lipinski definition) is 4. The molecular weight excluding hydrogens is 394 g/mol. The van der Waals surface area contributed by atoms with Crippen molar-refractivity contribution in [2.75, 3.05) is 11.1 Å². The van der Waals surface area contributed by atoms with E-state index in [0.29, 0.717) is 16.1 Å². The van der Waals surface area contributed by atoms with Crippen molar-refractivity contribution in [3.63, 3.8) is 0 Å².